The van der Waals surface area contributed by atoms with E-state index in [1.54, 1.807) is 0 Å². The van der Waals surface area contributed by atoms with E-state index in [1.807, 2.05) is 0 Å². The molecule has 0 atom stereocenters. The first-order valence-electron chi connectivity index (χ1n) is 7.37. The van der Waals surface area contributed by atoms with Gasteiger partial charge in [0.05, 0.1) is 0 Å². The van der Waals surface area contributed by atoms with Crippen LogP contribution in [0.4, 0.5) is 0 Å². The van der Waals surface area contributed by atoms with Crippen molar-refractivity contribution in [3.8, 4) is 0 Å². The average Bonchev–Trinajstić information content (AvgIpc) is 2.22. The van der Waals surface area contributed by atoms with Gasteiger partial charge in [-0.15, -0.1) is 0 Å². The molecule has 1 heteroatoms. The van der Waals surface area contributed by atoms with Crippen LogP contribution >= 0.6 is 0 Å². The molecule has 1 N–H and O–H groups in total. The first-order chi connectivity index (χ1) is 7.95. The fourth-order valence-corrected chi connectivity index (χ4v) is 1.90. The van der Waals surface area contributed by atoms with Crippen LogP contribution in [0.3, 0.4) is 0 Å². The summed E-state index contributed by atoms with van der Waals surface area (Å²) in [6, 6.07) is 0. The predicted molar refractivity (Wildman–Crippen MR) is 79.2 cm³/mol. The minimum atomic E-state index is 0.483. The first-order valence-corrected chi connectivity index (χ1v) is 7.37. The van der Waals surface area contributed by atoms with E-state index in [4.69, 9.17) is 0 Å². The Morgan fingerprint density at radius 1 is 1.00 bits per heavy atom. The van der Waals surface area contributed by atoms with Gasteiger partial charge in [0.15, 0.2) is 0 Å². The van der Waals surface area contributed by atoms with Gasteiger partial charge in [0.25, 0.3) is 0 Å². The highest BCUT2D eigenvalue weighted by Crippen LogP contribution is 2.21. The molecular weight excluding hydrogens is 206 g/mol. The second-order valence-electron chi connectivity index (χ2n) is 6.36. The maximum Gasteiger partial charge on any atom is 0.0143 e. The van der Waals surface area contributed by atoms with Crippen molar-refractivity contribution in [2.45, 2.75) is 79.1 Å². The topological polar surface area (TPSA) is 12.0 Å². The summed E-state index contributed by atoms with van der Waals surface area (Å²) in [5.74, 6) is 0. The van der Waals surface area contributed by atoms with Gasteiger partial charge in [-0.1, -0.05) is 60.0 Å². The molecule has 0 aromatic rings. The van der Waals surface area contributed by atoms with E-state index in [0.29, 0.717) is 5.41 Å². The first kappa shape index (κ1) is 16.5. The summed E-state index contributed by atoms with van der Waals surface area (Å²) in [5, 5.41) is 3.45. The Kier molecular flexibility index (Phi) is 9.30. The SMILES string of the molecule is C=C(CCCCCC)NCCCCC(C)(C)C. The van der Waals surface area contributed by atoms with Crippen molar-refractivity contribution in [3.05, 3.63) is 12.3 Å². The van der Waals surface area contributed by atoms with Gasteiger partial charge in [-0.3, -0.25) is 0 Å². The lowest BCUT2D eigenvalue weighted by Gasteiger charge is -2.17. The molecule has 0 unspecified atom stereocenters. The monoisotopic (exact) mass is 239 g/mol. The molecule has 0 aliphatic heterocycles. The quantitative estimate of drug-likeness (QED) is 0.512. The molecule has 0 spiro atoms. The number of hydrogen-bond donors (Lipinski definition) is 1. The van der Waals surface area contributed by atoms with E-state index in [2.05, 4.69) is 39.6 Å². The fourth-order valence-electron chi connectivity index (χ4n) is 1.90. The third-order valence-corrected chi connectivity index (χ3v) is 3.06. The minimum Gasteiger partial charge on any atom is -0.389 e. The highest BCUT2D eigenvalue weighted by Gasteiger charge is 2.08. The Hall–Kier alpha value is -0.460. The number of hydrogen-bond acceptors (Lipinski definition) is 1. The minimum absolute atomic E-state index is 0.483. The van der Waals surface area contributed by atoms with E-state index in [0.717, 1.165) is 13.0 Å². The van der Waals surface area contributed by atoms with Crippen LogP contribution in [0.25, 0.3) is 0 Å². The molecule has 102 valence electrons. The van der Waals surface area contributed by atoms with E-state index >= 15 is 0 Å². The maximum absolute atomic E-state index is 4.09. The van der Waals surface area contributed by atoms with Gasteiger partial charge in [0, 0.05) is 12.2 Å². The van der Waals surface area contributed by atoms with Crippen molar-refractivity contribution in [1.29, 1.82) is 0 Å². The van der Waals surface area contributed by atoms with Crippen molar-refractivity contribution in [3.63, 3.8) is 0 Å². The van der Waals surface area contributed by atoms with Crippen molar-refractivity contribution in [1.82, 2.24) is 5.32 Å². The molecule has 0 fully saturated rings. The van der Waals surface area contributed by atoms with Gasteiger partial charge in [-0.25, -0.2) is 0 Å². The molecule has 0 saturated heterocycles. The summed E-state index contributed by atoms with van der Waals surface area (Å²) in [7, 11) is 0. The Balaban J connectivity index is 3.28. The van der Waals surface area contributed by atoms with Gasteiger partial charge in [0.1, 0.15) is 0 Å². The lowest BCUT2D eigenvalue weighted by Crippen LogP contribution is -2.14. The number of unbranched alkanes of at least 4 members (excludes halogenated alkanes) is 4. The molecule has 17 heavy (non-hydrogen) atoms. The highest BCUT2D eigenvalue weighted by atomic mass is 14.9. The molecule has 0 radical (unpaired) electrons. The van der Waals surface area contributed by atoms with Crippen LogP contribution < -0.4 is 5.32 Å². The summed E-state index contributed by atoms with van der Waals surface area (Å²) in [6.45, 7) is 14.4. The highest BCUT2D eigenvalue weighted by molar-refractivity contribution is 4.90. The van der Waals surface area contributed by atoms with E-state index in [-0.39, 0.29) is 0 Å². The van der Waals surface area contributed by atoms with Crippen LogP contribution in [0.1, 0.15) is 79.1 Å². The van der Waals surface area contributed by atoms with Crippen LogP contribution in [0, 0.1) is 5.41 Å². The molecule has 0 aromatic carbocycles. The molecule has 0 aliphatic rings. The number of rotatable bonds is 10. The van der Waals surface area contributed by atoms with Crippen LogP contribution in [-0.4, -0.2) is 6.54 Å². The van der Waals surface area contributed by atoms with Gasteiger partial charge in [-0.2, -0.15) is 0 Å². The third kappa shape index (κ3) is 13.5. The van der Waals surface area contributed by atoms with Gasteiger partial charge >= 0.3 is 0 Å². The lowest BCUT2D eigenvalue weighted by molar-refractivity contribution is 0.359. The summed E-state index contributed by atoms with van der Waals surface area (Å²) < 4.78 is 0. The van der Waals surface area contributed by atoms with Crippen LogP contribution in [0.2, 0.25) is 0 Å². The molecule has 0 saturated carbocycles. The second-order valence-corrected chi connectivity index (χ2v) is 6.36. The summed E-state index contributed by atoms with van der Waals surface area (Å²) >= 11 is 0. The molecule has 0 amide bonds. The third-order valence-electron chi connectivity index (χ3n) is 3.06. The fraction of sp³-hybridized carbons (Fsp3) is 0.875. The Morgan fingerprint density at radius 2 is 1.71 bits per heavy atom. The van der Waals surface area contributed by atoms with E-state index < -0.39 is 0 Å². The van der Waals surface area contributed by atoms with E-state index in [9.17, 15) is 0 Å². The molecule has 0 aromatic heterocycles. The zero-order chi connectivity index (χ0) is 13.1. The van der Waals surface area contributed by atoms with Gasteiger partial charge in [-0.05, 0) is 31.1 Å². The van der Waals surface area contributed by atoms with Crippen molar-refractivity contribution < 1.29 is 0 Å². The van der Waals surface area contributed by atoms with Crippen molar-refractivity contribution in [2.24, 2.45) is 5.41 Å². The van der Waals surface area contributed by atoms with Crippen LogP contribution in [-0.2, 0) is 0 Å². The Morgan fingerprint density at radius 3 is 2.29 bits per heavy atom. The lowest BCUT2D eigenvalue weighted by atomic mass is 9.90. The summed E-state index contributed by atoms with van der Waals surface area (Å²) in [6.07, 6.45) is 10.4. The summed E-state index contributed by atoms with van der Waals surface area (Å²) in [5.41, 5.74) is 1.72. The number of allylic oxidation sites excluding steroid dienone is 1. The van der Waals surface area contributed by atoms with Gasteiger partial charge in [0.2, 0.25) is 0 Å². The molecule has 1 nitrogen and oxygen atoms in total. The zero-order valence-corrected chi connectivity index (χ0v) is 12.6. The Labute approximate surface area is 109 Å². The van der Waals surface area contributed by atoms with Crippen molar-refractivity contribution in [2.75, 3.05) is 6.54 Å². The second kappa shape index (κ2) is 9.56. The molecule has 0 heterocycles. The molecular formula is C16H33N. The van der Waals surface area contributed by atoms with Gasteiger partial charge < -0.3 is 5.32 Å². The maximum atomic E-state index is 4.09. The molecule has 0 rings (SSSR count). The van der Waals surface area contributed by atoms with E-state index in [1.165, 1.54) is 50.6 Å². The average molecular weight is 239 g/mol. The normalized spacial score (nSPS) is 11.5. The molecule has 0 aliphatic carbocycles. The predicted octanol–water partition coefficient (Wildman–Crippen LogP) is 5.28. The standard InChI is InChI=1S/C16H33N/c1-6-7-8-9-12-15(2)17-14-11-10-13-16(3,4)5/h17H,2,6-14H2,1,3-5H3. The van der Waals surface area contributed by atoms with Crippen LogP contribution in [0.15, 0.2) is 12.3 Å². The molecule has 0 bridgehead atoms. The Bertz CT molecular complexity index is 188. The smallest absolute Gasteiger partial charge is 0.0143 e. The van der Waals surface area contributed by atoms with Crippen molar-refractivity contribution >= 4 is 0 Å². The summed E-state index contributed by atoms with van der Waals surface area (Å²) in [4.78, 5) is 0. The van der Waals surface area contributed by atoms with Crippen LogP contribution in [0.5, 0.6) is 0 Å². The largest absolute Gasteiger partial charge is 0.389 e. The number of nitrogens with one attached hydrogen (secondary N) is 1. The zero-order valence-electron chi connectivity index (χ0n) is 12.6.